The standard InChI is InChI=1S/C18H19NO4/c1-21-14-6-8-15(9-7-14)22-12-16-10-19-18(23-16)17-5-3-2-4-13(17)11-20/h2-9,16,20H,10-12H2,1H3/t16-/m0/s1. The van der Waals surface area contributed by atoms with Gasteiger partial charge in [-0.3, -0.25) is 0 Å². The van der Waals surface area contributed by atoms with Crippen LogP contribution in [0.3, 0.4) is 0 Å². The summed E-state index contributed by atoms with van der Waals surface area (Å²) in [6.45, 7) is 0.928. The minimum absolute atomic E-state index is 0.0361. The van der Waals surface area contributed by atoms with E-state index in [4.69, 9.17) is 14.2 Å². The number of methoxy groups -OCH3 is 1. The highest BCUT2D eigenvalue weighted by Crippen LogP contribution is 2.20. The molecule has 2 aromatic rings. The number of nitrogens with zero attached hydrogens (tertiary/aromatic N) is 1. The van der Waals surface area contributed by atoms with E-state index in [1.807, 2.05) is 48.5 Å². The molecule has 5 nitrogen and oxygen atoms in total. The van der Waals surface area contributed by atoms with Crippen molar-refractivity contribution < 1.29 is 19.3 Å². The first-order valence-electron chi connectivity index (χ1n) is 7.47. The molecule has 23 heavy (non-hydrogen) atoms. The Morgan fingerprint density at radius 2 is 1.87 bits per heavy atom. The lowest BCUT2D eigenvalue weighted by Gasteiger charge is -2.14. The van der Waals surface area contributed by atoms with E-state index in [0.29, 0.717) is 19.0 Å². The van der Waals surface area contributed by atoms with Gasteiger partial charge in [-0.25, -0.2) is 4.99 Å². The molecule has 0 spiro atoms. The number of hydrogen-bond donors (Lipinski definition) is 1. The Morgan fingerprint density at radius 1 is 1.13 bits per heavy atom. The molecule has 120 valence electrons. The van der Waals surface area contributed by atoms with Crippen molar-refractivity contribution in [2.45, 2.75) is 12.7 Å². The van der Waals surface area contributed by atoms with E-state index in [0.717, 1.165) is 22.6 Å². The lowest BCUT2D eigenvalue weighted by molar-refractivity contribution is 0.143. The molecule has 0 fully saturated rings. The maximum absolute atomic E-state index is 9.39. The third-order valence-corrected chi connectivity index (χ3v) is 3.63. The number of ether oxygens (including phenoxy) is 3. The summed E-state index contributed by atoms with van der Waals surface area (Å²) in [6, 6.07) is 15.0. The number of hydrogen-bond acceptors (Lipinski definition) is 5. The second-order valence-electron chi connectivity index (χ2n) is 5.19. The highest BCUT2D eigenvalue weighted by Gasteiger charge is 2.23. The first kappa shape index (κ1) is 15.4. The smallest absolute Gasteiger partial charge is 0.217 e. The summed E-state index contributed by atoms with van der Waals surface area (Å²) in [5.41, 5.74) is 1.64. The summed E-state index contributed by atoms with van der Waals surface area (Å²) in [6.07, 6.45) is -0.126. The van der Waals surface area contributed by atoms with Gasteiger partial charge in [0, 0.05) is 5.56 Å². The molecule has 1 aliphatic rings. The maximum atomic E-state index is 9.39. The minimum atomic E-state index is -0.126. The largest absolute Gasteiger partial charge is 0.497 e. The van der Waals surface area contributed by atoms with Crippen LogP contribution >= 0.6 is 0 Å². The summed E-state index contributed by atoms with van der Waals surface area (Å²) < 4.78 is 16.7. The average molecular weight is 313 g/mol. The maximum Gasteiger partial charge on any atom is 0.217 e. The molecular weight excluding hydrogens is 294 g/mol. The van der Waals surface area contributed by atoms with Crippen LogP contribution in [-0.4, -0.2) is 37.4 Å². The second-order valence-corrected chi connectivity index (χ2v) is 5.19. The topological polar surface area (TPSA) is 60.3 Å². The Bertz CT molecular complexity index is 682. The molecule has 0 radical (unpaired) electrons. The van der Waals surface area contributed by atoms with Crippen molar-refractivity contribution in [2.24, 2.45) is 4.99 Å². The van der Waals surface area contributed by atoms with E-state index >= 15 is 0 Å². The molecule has 0 aromatic heterocycles. The zero-order valence-corrected chi connectivity index (χ0v) is 12.9. The third-order valence-electron chi connectivity index (χ3n) is 3.63. The van der Waals surface area contributed by atoms with Crippen molar-refractivity contribution in [1.82, 2.24) is 0 Å². The number of aliphatic imine (C=N–C) groups is 1. The van der Waals surface area contributed by atoms with Gasteiger partial charge in [0.2, 0.25) is 5.90 Å². The lowest BCUT2D eigenvalue weighted by atomic mass is 10.1. The van der Waals surface area contributed by atoms with Gasteiger partial charge in [0.05, 0.1) is 20.3 Å². The first-order valence-corrected chi connectivity index (χ1v) is 7.47. The molecule has 3 rings (SSSR count). The van der Waals surface area contributed by atoms with Crippen LogP contribution in [0.4, 0.5) is 0 Å². The molecule has 0 aliphatic carbocycles. The predicted molar refractivity (Wildman–Crippen MR) is 87.1 cm³/mol. The molecule has 0 amide bonds. The molecule has 0 bridgehead atoms. The molecule has 1 aliphatic heterocycles. The van der Waals surface area contributed by atoms with Crippen molar-refractivity contribution in [1.29, 1.82) is 0 Å². The van der Waals surface area contributed by atoms with Gasteiger partial charge in [0.25, 0.3) is 0 Å². The monoisotopic (exact) mass is 313 g/mol. The molecule has 5 heteroatoms. The summed E-state index contributed by atoms with van der Waals surface area (Å²) in [7, 11) is 1.63. The molecule has 0 saturated carbocycles. The van der Waals surface area contributed by atoms with Crippen LogP contribution in [0.1, 0.15) is 11.1 Å². The zero-order chi connectivity index (χ0) is 16.1. The quantitative estimate of drug-likeness (QED) is 0.890. The van der Waals surface area contributed by atoms with E-state index in [2.05, 4.69) is 4.99 Å². The fraction of sp³-hybridized carbons (Fsp3) is 0.278. The molecule has 1 N–H and O–H groups in total. The fourth-order valence-corrected chi connectivity index (χ4v) is 2.38. The summed E-state index contributed by atoms with van der Waals surface area (Å²) in [4.78, 5) is 4.42. The Morgan fingerprint density at radius 3 is 2.61 bits per heavy atom. The van der Waals surface area contributed by atoms with Crippen LogP contribution in [0.15, 0.2) is 53.5 Å². The molecule has 1 atom stereocenters. The van der Waals surface area contributed by atoms with Crippen molar-refractivity contribution in [3.8, 4) is 11.5 Å². The SMILES string of the molecule is COc1ccc(OC[C@@H]2CN=C(c3ccccc3CO)O2)cc1. The van der Waals surface area contributed by atoms with Crippen LogP contribution in [0, 0.1) is 0 Å². The van der Waals surface area contributed by atoms with E-state index < -0.39 is 0 Å². The molecule has 0 saturated heterocycles. The molecule has 1 heterocycles. The molecule has 2 aromatic carbocycles. The van der Waals surface area contributed by atoms with E-state index in [-0.39, 0.29) is 12.7 Å². The van der Waals surface area contributed by atoms with Crippen LogP contribution in [0.5, 0.6) is 11.5 Å². The Labute approximate surface area is 135 Å². The van der Waals surface area contributed by atoms with Gasteiger partial charge in [0.1, 0.15) is 18.1 Å². The fourth-order valence-electron chi connectivity index (χ4n) is 2.38. The highest BCUT2D eigenvalue weighted by atomic mass is 16.5. The number of rotatable bonds is 6. The van der Waals surface area contributed by atoms with Gasteiger partial charge in [-0.15, -0.1) is 0 Å². The molecular formula is C18H19NO4. The van der Waals surface area contributed by atoms with E-state index in [1.165, 1.54) is 0 Å². The lowest BCUT2D eigenvalue weighted by Crippen LogP contribution is -2.22. The van der Waals surface area contributed by atoms with Gasteiger partial charge in [0.15, 0.2) is 6.10 Å². The van der Waals surface area contributed by atoms with Crippen LogP contribution in [0.2, 0.25) is 0 Å². The Kier molecular flexibility index (Phi) is 4.78. The van der Waals surface area contributed by atoms with Gasteiger partial charge in [-0.1, -0.05) is 18.2 Å². The summed E-state index contributed by atoms with van der Waals surface area (Å²) in [5.74, 6) is 2.12. The van der Waals surface area contributed by atoms with E-state index in [1.54, 1.807) is 7.11 Å². The van der Waals surface area contributed by atoms with Crippen LogP contribution < -0.4 is 9.47 Å². The van der Waals surface area contributed by atoms with Crippen molar-refractivity contribution in [2.75, 3.05) is 20.3 Å². The van der Waals surface area contributed by atoms with Crippen molar-refractivity contribution >= 4 is 5.90 Å². The summed E-state index contributed by atoms with van der Waals surface area (Å²) >= 11 is 0. The van der Waals surface area contributed by atoms with Gasteiger partial charge < -0.3 is 19.3 Å². The van der Waals surface area contributed by atoms with Crippen molar-refractivity contribution in [3.05, 3.63) is 59.7 Å². The van der Waals surface area contributed by atoms with Gasteiger partial charge in [-0.2, -0.15) is 0 Å². The first-order chi connectivity index (χ1) is 11.3. The van der Waals surface area contributed by atoms with Gasteiger partial charge >= 0.3 is 0 Å². The number of aliphatic hydroxyl groups excluding tert-OH is 1. The van der Waals surface area contributed by atoms with Crippen LogP contribution in [-0.2, 0) is 11.3 Å². The van der Waals surface area contributed by atoms with Gasteiger partial charge in [-0.05, 0) is 35.9 Å². The zero-order valence-electron chi connectivity index (χ0n) is 12.9. The molecule has 0 unspecified atom stereocenters. The third kappa shape index (κ3) is 3.63. The van der Waals surface area contributed by atoms with E-state index in [9.17, 15) is 5.11 Å². The number of aliphatic hydroxyl groups is 1. The normalized spacial score (nSPS) is 16.6. The Balaban J connectivity index is 1.56. The minimum Gasteiger partial charge on any atom is -0.497 e. The average Bonchev–Trinajstić information content (AvgIpc) is 3.09. The second kappa shape index (κ2) is 7.15. The highest BCUT2D eigenvalue weighted by molar-refractivity contribution is 5.96. The predicted octanol–water partition coefficient (Wildman–Crippen LogP) is 2.41. The summed E-state index contributed by atoms with van der Waals surface area (Å²) in [5, 5.41) is 9.39. The van der Waals surface area contributed by atoms with Crippen molar-refractivity contribution in [3.63, 3.8) is 0 Å². The number of benzene rings is 2. The Hall–Kier alpha value is -2.53. The van der Waals surface area contributed by atoms with Crippen LogP contribution in [0.25, 0.3) is 0 Å².